The van der Waals surface area contributed by atoms with Gasteiger partial charge in [0, 0.05) is 25.4 Å². The molecule has 232 valence electrons. The Morgan fingerprint density at radius 3 is 1.93 bits per heavy atom. The molecule has 1 heterocycles. The maximum atomic E-state index is 13.4. The number of nitrogens with one attached hydrogen (secondary N) is 3. The molecule has 0 fully saturated rings. The zero-order chi connectivity index (χ0) is 31.1. The fourth-order valence-corrected chi connectivity index (χ4v) is 4.92. The normalized spacial score (nSPS) is 13.3. The molecule has 0 bridgehead atoms. The fourth-order valence-electron chi connectivity index (χ4n) is 4.41. The fraction of sp³-hybridized carbons (Fsp3) is 0.438. The molecule has 0 aliphatic carbocycles. The first-order valence-electron chi connectivity index (χ1n) is 14.3. The van der Waals surface area contributed by atoms with Gasteiger partial charge < -0.3 is 30.2 Å². The minimum absolute atomic E-state index is 0.0209. The maximum absolute atomic E-state index is 13.4. The third-order valence-corrected chi connectivity index (χ3v) is 7.10. The Labute approximate surface area is 257 Å². The third kappa shape index (κ3) is 13.3. The van der Waals surface area contributed by atoms with E-state index >= 15 is 0 Å². The van der Waals surface area contributed by atoms with Crippen LogP contribution < -0.4 is 16.0 Å². The Hall–Kier alpha value is -3.96. The van der Waals surface area contributed by atoms with Crippen molar-refractivity contribution in [3.8, 4) is 0 Å². The predicted octanol–water partition coefficient (Wildman–Crippen LogP) is 5.03. The lowest BCUT2D eigenvalue weighted by atomic mass is 9.96. The average Bonchev–Trinajstić information content (AvgIpc) is 3.48. The van der Waals surface area contributed by atoms with E-state index in [0.29, 0.717) is 25.7 Å². The van der Waals surface area contributed by atoms with Gasteiger partial charge in [0.25, 0.3) is 0 Å². The summed E-state index contributed by atoms with van der Waals surface area (Å²) in [6.07, 6.45) is 2.73. The first-order valence-corrected chi connectivity index (χ1v) is 15.2. The van der Waals surface area contributed by atoms with E-state index in [4.69, 9.17) is 14.2 Å². The summed E-state index contributed by atoms with van der Waals surface area (Å²) in [5.74, 6) is -0.384. The van der Waals surface area contributed by atoms with Crippen LogP contribution >= 0.6 is 11.3 Å². The van der Waals surface area contributed by atoms with Crippen molar-refractivity contribution in [2.45, 2.75) is 76.8 Å². The minimum atomic E-state index is -0.946. The summed E-state index contributed by atoms with van der Waals surface area (Å²) in [5.41, 5.74) is 3.10. The van der Waals surface area contributed by atoms with Gasteiger partial charge in [-0.2, -0.15) is 0 Å². The molecular formula is C32H42N4O6S. The maximum Gasteiger partial charge on any atom is 0.408 e. The number of nitrogens with zero attached hydrogens (tertiary/aromatic N) is 1. The Kier molecular flexibility index (Phi) is 13.4. The molecule has 3 atom stereocenters. The molecule has 10 nitrogen and oxygen atoms in total. The topological polar surface area (TPSA) is 128 Å². The van der Waals surface area contributed by atoms with Crippen molar-refractivity contribution in [1.29, 1.82) is 0 Å². The molecule has 0 unspecified atom stereocenters. The molecule has 0 radical (unpaired) electrons. The molecule has 0 aliphatic rings. The highest BCUT2D eigenvalue weighted by atomic mass is 32.1. The highest BCUT2D eigenvalue weighted by molar-refractivity contribution is 7.09. The smallest absolute Gasteiger partial charge is 0.408 e. The van der Waals surface area contributed by atoms with Crippen LogP contribution in [0.5, 0.6) is 0 Å². The number of rotatable bonds is 15. The van der Waals surface area contributed by atoms with Crippen molar-refractivity contribution in [2.75, 3.05) is 13.7 Å². The number of hydrogen-bond donors (Lipinski definition) is 3. The second-order valence-corrected chi connectivity index (χ2v) is 12.2. The lowest BCUT2D eigenvalue weighted by molar-refractivity contribution is -0.125. The van der Waals surface area contributed by atoms with E-state index < -0.39 is 23.8 Å². The Morgan fingerprint density at radius 2 is 1.42 bits per heavy atom. The van der Waals surface area contributed by atoms with Crippen molar-refractivity contribution in [3.63, 3.8) is 0 Å². The van der Waals surface area contributed by atoms with Gasteiger partial charge in [-0.1, -0.05) is 60.7 Å². The molecule has 0 saturated heterocycles. The van der Waals surface area contributed by atoms with Gasteiger partial charge in [0.2, 0.25) is 5.91 Å². The van der Waals surface area contributed by atoms with Crippen molar-refractivity contribution < 1.29 is 28.6 Å². The molecule has 0 saturated carbocycles. The number of carbonyl (C=O) groups is 3. The first kappa shape index (κ1) is 33.5. The summed E-state index contributed by atoms with van der Waals surface area (Å²) in [4.78, 5) is 43.4. The van der Waals surface area contributed by atoms with Crippen LogP contribution in [0.2, 0.25) is 0 Å². The van der Waals surface area contributed by atoms with E-state index in [2.05, 4.69) is 20.9 Å². The van der Waals surface area contributed by atoms with E-state index in [1.165, 1.54) is 18.4 Å². The van der Waals surface area contributed by atoms with Crippen LogP contribution in [-0.4, -0.2) is 60.5 Å². The molecule has 3 N–H and O–H groups in total. The second kappa shape index (κ2) is 17.2. The SMILES string of the molecule is COC[C@H](NC(=O)OC(C)(C)C)C(=O)N[C@H](CC[C@H](Cc1ccccc1)NC(=O)OCc1cncs1)Cc1ccccc1. The average molecular weight is 611 g/mol. The van der Waals surface area contributed by atoms with E-state index in [9.17, 15) is 14.4 Å². The number of carbonyl (C=O) groups excluding carboxylic acids is 3. The number of amides is 3. The summed E-state index contributed by atoms with van der Waals surface area (Å²) in [7, 11) is 1.46. The Bertz CT molecular complexity index is 1250. The molecule has 11 heteroatoms. The molecule has 43 heavy (non-hydrogen) atoms. The van der Waals surface area contributed by atoms with Gasteiger partial charge in [0.1, 0.15) is 18.2 Å². The molecule has 2 aromatic carbocycles. The van der Waals surface area contributed by atoms with Crippen molar-refractivity contribution in [3.05, 3.63) is 88.4 Å². The van der Waals surface area contributed by atoms with Crippen molar-refractivity contribution >= 4 is 29.4 Å². The van der Waals surface area contributed by atoms with Crippen LogP contribution in [-0.2, 0) is 38.5 Å². The standard InChI is InChI=1S/C32H42N4O6S/c1-32(2,3)42-31(39)36-28(21-40-4)29(37)34-25(17-23-11-7-5-8-12-23)15-16-26(18-24-13-9-6-10-14-24)35-30(38)41-20-27-19-33-22-43-27/h5-14,19,22,25-26,28H,15-18,20-21H2,1-4H3,(H,34,37)(H,35,38)(H,36,39)/t25-,26-,28+/m1/s1. The quantitative estimate of drug-likeness (QED) is 0.220. The van der Waals surface area contributed by atoms with E-state index in [1.807, 2.05) is 60.7 Å². The number of benzene rings is 2. The number of ether oxygens (including phenoxy) is 3. The van der Waals surface area contributed by atoms with E-state index in [0.717, 1.165) is 16.0 Å². The number of alkyl carbamates (subject to hydrolysis) is 2. The van der Waals surface area contributed by atoms with Crippen LogP contribution in [0.4, 0.5) is 9.59 Å². The largest absolute Gasteiger partial charge is 0.444 e. The van der Waals surface area contributed by atoms with Crippen LogP contribution in [0.1, 0.15) is 49.6 Å². The van der Waals surface area contributed by atoms with Crippen molar-refractivity contribution in [2.24, 2.45) is 0 Å². The molecular weight excluding hydrogens is 568 g/mol. The predicted molar refractivity (Wildman–Crippen MR) is 166 cm³/mol. The zero-order valence-electron chi connectivity index (χ0n) is 25.2. The molecule has 3 aromatic rings. The summed E-state index contributed by atoms with van der Waals surface area (Å²) >= 11 is 1.42. The summed E-state index contributed by atoms with van der Waals surface area (Å²) in [6, 6.07) is 18.2. The molecule has 3 rings (SSSR count). The van der Waals surface area contributed by atoms with Gasteiger partial charge in [-0.25, -0.2) is 9.59 Å². The molecule has 0 aliphatic heterocycles. The van der Waals surface area contributed by atoms with Crippen LogP contribution in [0.3, 0.4) is 0 Å². The van der Waals surface area contributed by atoms with Gasteiger partial charge in [-0.15, -0.1) is 11.3 Å². The van der Waals surface area contributed by atoms with Crippen LogP contribution in [0.15, 0.2) is 72.4 Å². The monoisotopic (exact) mass is 610 g/mol. The van der Waals surface area contributed by atoms with E-state index in [1.54, 1.807) is 32.5 Å². The zero-order valence-corrected chi connectivity index (χ0v) is 26.0. The van der Waals surface area contributed by atoms with Gasteiger partial charge in [-0.3, -0.25) is 9.78 Å². The number of aromatic nitrogens is 1. The van der Waals surface area contributed by atoms with Gasteiger partial charge in [0.15, 0.2) is 0 Å². The molecule has 1 aromatic heterocycles. The van der Waals surface area contributed by atoms with E-state index in [-0.39, 0.29) is 31.2 Å². The Balaban J connectivity index is 1.71. The number of methoxy groups -OCH3 is 1. The lowest BCUT2D eigenvalue weighted by Gasteiger charge is -2.26. The summed E-state index contributed by atoms with van der Waals surface area (Å²) in [6.45, 7) is 5.38. The van der Waals surface area contributed by atoms with Crippen molar-refractivity contribution in [1.82, 2.24) is 20.9 Å². The summed E-state index contributed by atoms with van der Waals surface area (Å²) in [5, 5.41) is 8.72. The minimum Gasteiger partial charge on any atom is -0.444 e. The highest BCUT2D eigenvalue weighted by Gasteiger charge is 2.27. The second-order valence-electron chi connectivity index (χ2n) is 11.2. The van der Waals surface area contributed by atoms with Gasteiger partial charge in [-0.05, 0) is 57.6 Å². The van der Waals surface area contributed by atoms with Gasteiger partial charge >= 0.3 is 12.2 Å². The summed E-state index contributed by atoms with van der Waals surface area (Å²) < 4.78 is 16.0. The third-order valence-electron chi connectivity index (χ3n) is 6.35. The lowest BCUT2D eigenvalue weighted by Crippen LogP contribution is -2.53. The van der Waals surface area contributed by atoms with Crippen LogP contribution in [0.25, 0.3) is 0 Å². The molecule has 3 amide bonds. The van der Waals surface area contributed by atoms with Gasteiger partial charge in [0.05, 0.1) is 17.0 Å². The number of hydrogen-bond acceptors (Lipinski definition) is 8. The highest BCUT2D eigenvalue weighted by Crippen LogP contribution is 2.15. The molecule has 0 spiro atoms. The Morgan fingerprint density at radius 1 is 0.837 bits per heavy atom. The van der Waals surface area contributed by atoms with Crippen LogP contribution in [0, 0.1) is 0 Å². The number of thiazole rings is 1. The first-order chi connectivity index (χ1) is 20.6.